The Labute approximate surface area is 116 Å². The average Bonchev–Trinajstić information content (AvgIpc) is 2.87. The number of hydrogen-bond donors (Lipinski definition) is 1. The van der Waals surface area contributed by atoms with Crippen LogP contribution in [0.3, 0.4) is 0 Å². The highest BCUT2D eigenvalue weighted by molar-refractivity contribution is 5.08. The second kappa shape index (κ2) is 5.04. The van der Waals surface area contributed by atoms with Crippen LogP contribution in [0.1, 0.15) is 25.5 Å². The van der Waals surface area contributed by atoms with Crippen LogP contribution in [0.2, 0.25) is 0 Å². The third-order valence-corrected chi connectivity index (χ3v) is 4.25. The Morgan fingerprint density at radius 3 is 3.00 bits per heavy atom. The molecule has 2 unspecified atom stereocenters. The van der Waals surface area contributed by atoms with Crippen molar-refractivity contribution in [2.45, 2.75) is 38.8 Å². The average molecular weight is 286 g/mol. The van der Waals surface area contributed by atoms with Gasteiger partial charge in [0.1, 0.15) is 0 Å². The van der Waals surface area contributed by atoms with Gasteiger partial charge in [0.05, 0.1) is 12.3 Å². The summed E-state index contributed by atoms with van der Waals surface area (Å²) in [7, 11) is 0. The number of halogens is 2. The SMILES string of the molecule is CC1(CNCc2cn(CC3CCOC3)nn2)CC1(F)F. The predicted octanol–water partition coefficient (Wildman–Crippen LogP) is 1.45. The van der Waals surface area contributed by atoms with Crippen molar-refractivity contribution in [1.82, 2.24) is 20.3 Å². The molecule has 0 bridgehead atoms. The Kier molecular flexibility index (Phi) is 3.50. The molecule has 1 N–H and O–H groups in total. The van der Waals surface area contributed by atoms with Crippen molar-refractivity contribution in [3.05, 3.63) is 11.9 Å². The van der Waals surface area contributed by atoms with Gasteiger partial charge in [0.15, 0.2) is 0 Å². The molecule has 0 amide bonds. The van der Waals surface area contributed by atoms with E-state index in [1.165, 1.54) is 0 Å². The maximum Gasteiger partial charge on any atom is 0.255 e. The molecule has 1 aliphatic carbocycles. The minimum atomic E-state index is -2.51. The molecular weight excluding hydrogens is 266 g/mol. The monoisotopic (exact) mass is 286 g/mol. The van der Waals surface area contributed by atoms with E-state index in [2.05, 4.69) is 15.6 Å². The number of ether oxygens (including phenoxy) is 1. The van der Waals surface area contributed by atoms with Crippen molar-refractivity contribution in [2.24, 2.45) is 11.3 Å². The second-order valence-electron chi connectivity index (χ2n) is 6.21. The summed E-state index contributed by atoms with van der Waals surface area (Å²) in [4.78, 5) is 0. The lowest BCUT2D eigenvalue weighted by atomic mass is 10.1. The molecule has 5 nitrogen and oxygen atoms in total. The normalized spacial score (nSPS) is 31.6. The van der Waals surface area contributed by atoms with E-state index in [-0.39, 0.29) is 6.42 Å². The predicted molar refractivity (Wildman–Crippen MR) is 68.3 cm³/mol. The van der Waals surface area contributed by atoms with E-state index in [1.807, 2.05) is 10.9 Å². The van der Waals surface area contributed by atoms with E-state index >= 15 is 0 Å². The first-order valence-corrected chi connectivity index (χ1v) is 7.04. The Morgan fingerprint density at radius 2 is 2.35 bits per heavy atom. The van der Waals surface area contributed by atoms with Crippen LogP contribution in [0.15, 0.2) is 6.20 Å². The molecule has 112 valence electrons. The third-order valence-electron chi connectivity index (χ3n) is 4.25. The molecule has 0 radical (unpaired) electrons. The topological polar surface area (TPSA) is 52.0 Å². The van der Waals surface area contributed by atoms with E-state index in [1.54, 1.807) is 6.92 Å². The number of aromatic nitrogens is 3. The van der Waals surface area contributed by atoms with Crippen LogP contribution < -0.4 is 5.32 Å². The summed E-state index contributed by atoms with van der Waals surface area (Å²) >= 11 is 0. The Balaban J connectivity index is 1.43. The molecule has 7 heteroatoms. The van der Waals surface area contributed by atoms with Crippen molar-refractivity contribution in [3.8, 4) is 0 Å². The molecule has 2 heterocycles. The molecule has 2 fully saturated rings. The highest BCUT2D eigenvalue weighted by atomic mass is 19.3. The van der Waals surface area contributed by atoms with Crippen molar-refractivity contribution >= 4 is 0 Å². The molecule has 2 aliphatic rings. The quantitative estimate of drug-likeness (QED) is 0.860. The molecule has 1 saturated carbocycles. The Bertz CT molecular complexity index is 473. The Morgan fingerprint density at radius 1 is 1.55 bits per heavy atom. The molecule has 1 saturated heterocycles. The van der Waals surface area contributed by atoms with Gasteiger partial charge < -0.3 is 10.1 Å². The zero-order valence-electron chi connectivity index (χ0n) is 11.6. The van der Waals surface area contributed by atoms with Crippen molar-refractivity contribution in [1.29, 1.82) is 0 Å². The van der Waals surface area contributed by atoms with Crippen LogP contribution in [-0.2, 0) is 17.8 Å². The lowest BCUT2D eigenvalue weighted by molar-refractivity contribution is 0.0697. The zero-order valence-corrected chi connectivity index (χ0v) is 11.6. The number of rotatable bonds is 6. The van der Waals surface area contributed by atoms with Gasteiger partial charge in [0, 0.05) is 50.2 Å². The summed E-state index contributed by atoms with van der Waals surface area (Å²) in [5, 5.41) is 11.2. The van der Waals surface area contributed by atoms with Crippen molar-refractivity contribution < 1.29 is 13.5 Å². The molecule has 2 atom stereocenters. The molecule has 0 aromatic carbocycles. The molecule has 1 aromatic rings. The second-order valence-corrected chi connectivity index (χ2v) is 6.21. The highest BCUT2D eigenvalue weighted by Crippen LogP contribution is 2.59. The largest absolute Gasteiger partial charge is 0.381 e. The van der Waals surface area contributed by atoms with Gasteiger partial charge in [-0.1, -0.05) is 12.1 Å². The molecule has 0 spiro atoms. The van der Waals surface area contributed by atoms with Crippen LogP contribution in [0.5, 0.6) is 0 Å². The first-order chi connectivity index (χ1) is 9.48. The molecule has 1 aliphatic heterocycles. The lowest BCUT2D eigenvalue weighted by Gasteiger charge is -2.10. The van der Waals surface area contributed by atoms with Gasteiger partial charge in [-0.3, -0.25) is 4.68 Å². The fraction of sp³-hybridized carbons (Fsp3) is 0.846. The molecule has 3 rings (SSSR count). The van der Waals surface area contributed by atoms with Crippen molar-refractivity contribution in [3.63, 3.8) is 0 Å². The number of nitrogens with zero attached hydrogens (tertiary/aromatic N) is 3. The summed E-state index contributed by atoms with van der Waals surface area (Å²) in [5.41, 5.74) is -0.0963. The van der Waals surface area contributed by atoms with E-state index in [0.29, 0.717) is 19.0 Å². The fourth-order valence-electron chi connectivity index (χ4n) is 2.60. The minimum Gasteiger partial charge on any atom is -0.381 e. The van der Waals surface area contributed by atoms with E-state index in [0.717, 1.165) is 31.9 Å². The Hall–Kier alpha value is -1.08. The smallest absolute Gasteiger partial charge is 0.255 e. The van der Waals surface area contributed by atoms with Gasteiger partial charge >= 0.3 is 0 Å². The van der Waals surface area contributed by atoms with Gasteiger partial charge in [-0.25, -0.2) is 8.78 Å². The van der Waals surface area contributed by atoms with Crippen LogP contribution in [0, 0.1) is 11.3 Å². The fourth-order valence-corrected chi connectivity index (χ4v) is 2.60. The van der Waals surface area contributed by atoms with E-state index < -0.39 is 11.3 Å². The summed E-state index contributed by atoms with van der Waals surface area (Å²) < 4.78 is 33.2. The lowest BCUT2D eigenvalue weighted by Crippen LogP contribution is -2.25. The number of nitrogens with one attached hydrogen (secondary N) is 1. The van der Waals surface area contributed by atoms with Gasteiger partial charge in [-0.05, 0) is 6.42 Å². The van der Waals surface area contributed by atoms with E-state index in [9.17, 15) is 8.78 Å². The van der Waals surface area contributed by atoms with Gasteiger partial charge in [0.2, 0.25) is 0 Å². The van der Waals surface area contributed by atoms with Gasteiger partial charge in [-0.15, -0.1) is 5.10 Å². The molecule has 1 aromatic heterocycles. The summed E-state index contributed by atoms with van der Waals surface area (Å²) in [6, 6.07) is 0. The first kappa shape index (κ1) is 13.9. The van der Waals surface area contributed by atoms with Gasteiger partial charge in [-0.2, -0.15) is 0 Å². The summed E-state index contributed by atoms with van der Waals surface area (Å²) in [5.74, 6) is -2.01. The van der Waals surface area contributed by atoms with Crippen molar-refractivity contribution in [2.75, 3.05) is 19.8 Å². The van der Waals surface area contributed by atoms with Crippen LogP contribution in [0.4, 0.5) is 8.78 Å². The van der Waals surface area contributed by atoms with Crippen LogP contribution >= 0.6 is 0 Å². The maximum absolute atomic E-state index is 13.1. The third kappa shape index (κ3) is 2.83. The standard InChI is InChI=1S/C13H20F2N4O/c1-12(8-13(12,14)15)9-16-4-11-6-19(18-17-11)5-10-2-3-20-7-10/h6,10,16H,2-5,7-9H2,1H3. The minimum absolute atomic E-state index is 0.0264. The highest BCUT2D eigenvalue weighted by Gasteiger charge is 2.67. The van der Waals surface area contributed by atoms with E-state index in [4.69, 9.17) is 4.74 Å². The van der Waals surface area contributed by atoms with Crippen LogP contribution in [-0.4, -0.2) is 40.7 Å². The van der Waals surface area contributed by atoms with Crippen LogP contribution in [0.25, 0.3) is 0 Å². The molecular formula is C13H20F2N4O. The maximum atomic E-state index is 13.1. The summed E-state index contributed by atoms with van der Waals surface area (Å²) in [6.45, 7) is 4.80. The number of alkyl halides is 2. The van der Waals surface area contributed by atoms with Gasteiger partial charge in [0.25, 0.3) is 5.92 Å². The molecule has 20 heavy (non-hydrogen) atoms. The summed E-state index contributed by atoms with van der Waals surface area (Å²) in [6.07, 6.45) is 2.90. The zero-order chi connectivity index (χ0) is 14.2. The number of hydrogen-bond acceptors (Lipinski definition) is 4. The first-order valence-electron chi connectivity index (χ1n) is 7.04.